The van der Waals surface area contributed by atoms with Crippen LogP contribution >= 0.6 is 12.6 Å². The molecule has 3 nitrogen and oxygen atoms in total. The molecule has 3 aromatic rings. The molecule has 0 fully saturated rings. The molecule has 94 valence electrons. The third kappa shape index (κ3) is 2.04. The summed E-state index contributed by atoms with van der Waals surface area (Å²) in [6, 6.07) is 15.0. The zero-order chi connectivity index (χ0) is 13.4. The summed E-state index contributed by atoms with van der Waals surface area (Å²) in [5.41, 5.74) is 2.45. The second-order valence-corrected chi connectivity index (χ2v) is 4.81. The van der Waals surface area contributed by atoms with E-state index in [2.05, 4.69) is 17.6 Å². The van der Waals surface area contributed by atoms with Crippen LogP contribution in [0.5, 0.6) is 0 Å². The van der Waals surface area contributed by atoms with Crippen molar-refractivity contribution in [1.82, 2.24) is 9.55 Å². The molecule has 0 bridgehead atoms. The summed E-state index contributed by atoms with van der Waals surface area (Å²) >= 11 is 4.34. The third-order valence-electron chi connectivity index (χ3n) is 3.02. The van der Waals surface area contributed by atoms with Gasteiger partial charge >= 0.3 is 0 Å². The van der Waals surface area contributed by atoms with Crippen molar-refractivity contribution < 1.29 is 0 Å². The van der Waals surface area contributed by atoms with E-state index in [1.807, 2.05) is 49.4 Å². The third-order valence-corrected chi connectivity index (χ3v) is 3.32. The molecule has 0 aliphatic carbocycles. The smallest absolute Gasteiger partial charge is 0.266 e. The number of rotatable bonds is 1. The maximum atomic E-state index is 12.5. The Morgan fingerprint density at radius 2 is 1.89 bits per heavy atom. The number of thiol groups is 1. The maximum absolute atomic E-state index is 12.5. The van der Waals surface area contributed by atoms with Gasteiger partial charge in [-0.25, -0.2) is 4.98 Å². The average molecular weight is 268 g/mol. The lowest BCUT2D eigenvalue weighted by Gasteiger charge is -2.10. The molecule has 0 aliphatic rings. The molecule has 1 aromatic heterocycles. The van der Waals surface area contributed by atoms with Gasteiger partial charge in [0.1, 0.15) is 0 Å². The van der Waals surface area contributed by atoms with Gasteiger partial charge in [-0.15, -0.1) is 12.6 Å². The van der Waals surface area contributed by atoms with Crippen LogP contribution in [0.4, 0.5) is 0 Å². The number of aromatic nitrogens is 2. The Balaban J connectivity index is 2.39. The number of hydrogen-bond donors (Lipinski definition) is 1. The Bertz CT molecular complexity index is 824. The molecule has 0 radical (unpaired) electrons. The Hall–Kier alpha value is -2.07. The summed E-state index contributed by atoms with van der Waals surface area (Å²) in [6.07, 6.45) is 0. The van der Waals surface area contributed by atoms with Gasteiger partial charge < -0.3 is 0 Å². The highest BCUT2D eigenvalue weighted by Crippen LogP contribution is 2.15. The van der Waals surface area contributed by atoms with Crippen molar-refractivity contribution in [2.24, 2.45) is 0 Å². The second kappa shape index (κ2) is 4.55. The van der Waals surface area contributed by atoms with Crippen LogP contribution in [0, 0.1) is 6.92 Å². The Kier molecular flexibility index (Phi) is 2.87. The van der Waals surface area contributed by atoms with Gasteiger partial charge in [-0.1, -0.05) is 24.3 Å². The number of para-hydroxylation sites is 1. The maximum Gasteiger partial charge on any atom is 0.266 e. The van der Waals surface area contributed by atoms with Gasteiger partial charge in [0.25, 0.3) is 5.56 Å². The molecule has 0 N–H and O–H groups in total. The van der Waals surface area contributed by atoms with Crippen LogP contribution in [0.1, 0.15) is 5.56 Å². The van der Waals surface area contributed by atoms with Crippen molar-refractivity contribution in [2.75, 3.05) is 0 Å². The lowest BCUT2D eigenvalue weighted by Crippen LogP contribution is -2.21. The highest BCUT2D eigenvalue weighted by atomic mass is 32.1. The van der Waals surface area contributed by atoms with Crippen LogP contribution in [-0.4, -0.2) is 9.55 Å². The lowest BCUT2D eigenvalue weighted by molar-refractivity contribution is 0.823. The molecule has 19 heavy (non-hydrogen) atoms. The molecule has 0 spiro atoms. The lowest BCUT2D eigenvalue weighted by atomic mass is 10.2. The molecule has 4 heteroatoms. The minimum absolute atomic E-state index is 0.0961. The summed E-state index contributed by atoms with van der Waals surface area (Å²) in [4.78, 5) is 16.9. The first-order chi connectivity index (χ1) is 9.16. The predicted octanol–water partition coefficient (Wildman–Crippen LogP) is 2.98. The van der Waals surface area contributed by atoms with E-state index in [0.29, 0.717) is 16.1 Å². The molecule has 2 aromatic carbocycles. The van der Waals surface area contributed by atoms with Gasteiger partial charge in [-0.05, 0) is 36.8 Å². The fourth-order valence-corrected chi connectivity index (χ4v) is 2.43. The summed E-state index contributed by atoms with van der Waals surface area (Å²) in [5.74, 6) is 0. The van der Waals surface area contributed by atoms with E-state index in [4.69, 9.17) is 0 Å². The molecule has 0 saturated carbocycles. The Morgan fingerprint density at radius 1 is 1.11 bits per heavy atom. The van der Waals surface area contributed by atoms with E-state index < -0.39 is 0 Å². The highest BCUT2D eigenvalue weighted by molar-refractivity contribution is 7.80. The minimum atomic E-state index is -0.0961. The first kappa shape index (κ1) is 12.0. The van der Waals surface area contributed by atoms with Gasteiger partial charge in [0.2, 0.25) is 0 Å². The van der Waals surface area contributed by atoms with E-state index in [9.17, 15) is 4.79 Å². The van der Waals surface area contributed by atoms with E-state index in [-0.39, 0.29) is 5.56 Å². The van der Waals surface area contributed by atoms with Gasteiger partial charge in [-0.3, -0.25) is 9.36 Å². The molecule has 1 heterocycles. The van der Waals surface area contributed by atoms with E-state index in [0.717, 1.165) is 11.3 Å². The van der Waals surface area contributed by atoms with Crippen molar-refractivity contribution in [3.63, 3.8) is 0 Å². The zero-order valence-corrected chi connectivity index (χ0v) is 11.3. The summed E-state index contributed by atoms with van der Waals surface area (Å²) in [7, 11) is 0. The molecular formula is C15H12N2OS. The standard InChI is InChI=1S/C15H12N2OS/c1-10-5-4-6-11(9-10)17-14(18)12-7-2-3-8-13(12)16-15(17)19/h2-9H,1H3,(H,16,19). The number of nitrogens with zero attached hydrogens (tertiary/aromatic N) is 2. The van der Waals surface area contributed by atoms with Crippen LogP contribution in [0.3, 0.4) is 0 Å². The van der Waals surface area contributed by atoms with Gasteiger partial charge in [0.15, 0.2) is 5.16 Å². The topological polar surface area (TPSA) is 34.9 Å². The number of fused-ring (bicyclic) bond motifs is 1. The molecule has 0 saturated heterocycles. The van der Waals surface area contributed by atoms with Crippen molar-refractivity contribution in [3.8, 4) is 5.69 Å². The second-order valence-electron chi connectivity index (χ2n) is 4.41. The summed E-state index contributed by atoms with van der Waals surface area (Å²) in [6.45, 7) is 1.99. The fraction of sp³-hybridized carbons (Fsp3) is 0.0667. The normalized spacial score (nSPS) is 10.8. The van der Waals surface area contributed by atoms with Crippen LogP contribution in [0.25, 0.3) is 16.6 Å². The van der Waals surface area contributed by atoms with Gasteiger partial charge in [0, 0.05) is 0 Å². The van der Waals surface area contributed by atoms with E-state index in [1.54, 1.807) is 6.07 Å². The average Bonchev–Trinajstić information content (AvgIpc) is 2.39. The summed E-state index contributed by atoms with van der Waals surface area (Å²) in [5, 5.41) is 0.996. The SMILES string of the molecule is Cc1cccc(-n2c(S)nc3ccccc3c2=O)c1. The van der Waals surface area contributed by atoms with Gasteiger partial charge in [0.05, 0.1) is 16.6 Å². The molecular weight excluding hydrogens is 256 g/mol. The quantitative estimate of drug-likeness (QED) is 0.544. The number of aryl methyl sites for hydroxylation is 1. The highest BCUT2D eigenvalue weighted by Gasteiger charge is 2.09. The van der Waals surface area contributed by atoms with Crippen molar-refractivity contribution in [2.45, 2.75) is 12.1 Å². The van der Waals surface area contributed by atoms with E-state index in [1.165, 1.54) is 4.57 Å². The van der Waals surface area contributed by atoms with Crippen LogP contribution in [-0.2, 0) is 0 Å². The first-order valence-corrected chi connectivity index (χ1v) is 6.39. The minimum Gasteiger partial charge on any atom is -0.268 e. The summed E-state index contributed by atoms with van der Waals surface area (Å²) < 4.78 is 1.53. The first-order valence-electron chi connectivity index (χ1n) is 5.94. The van der Waals surface area contributed by atoms with Crippen LogP contribution in [0.2, 0.25) is 0 Å². The fourth-order valence-electron chi connectivity index (χ4n) is 2.12. The van der Waals surface area contributed by atoms with Crippen molar-refractivity contribution >= 4 is 23.5 Å². The molecule has 0 amide bonds. The van der Waals surface area contributed by atoms with Crippen molar-refractivity contribution in [3.05, 3.63) is 64.4 Å². The van der Waals surface area contributed by atoms with Crippen LogP contribution in [0.15, 0.2) is 58.5 Å². The predicted molar refractivity (Wildman–Crippen MR) is 79.3 cm³/mol. The number of hydrogen-bond acceptors (Lipinski definition) is 3. The van der Waals surface area contributed by atoms with Crippen molar-refractivity contribution in [1.29, 1.82) is 0 Å². The molecule has 3 rings (SSSR count). The molecule has 0 aliphatic heterocycles. The van der Waals surface area contributed by atoms with Crippen LogP contribution < -0.4 is 5.56 Å². The van der Waals surface area contributed by atoms with Gasteiger partial charge in [-0.2, -0.15) is 0 Å². The molecule has 0 unspecified atom stereocenters. The largest absolute Gasteiger partial charge is 0.268 e. The monoisotopic (exact) mass is 268 g/mol. The Labute approximate surface area is 116 Å². The Morgan fingerprint density at radius 3 is 2.68 bits per heavy atom. The zero-order valence-electron chi connectivity index (χ0n) is 10.4. The van der Waals surface area contributed by atoms with E-state index >= 15 is 0 Å². The molecule has 0 atom stereocenters. The number of benzene rings is 2.